The Kier molecular flexibility index (Phi) is 5.89. The number of nitrogens with one attached hydrogen (secondary N) is 1. The topological polar surface area (TPSA) is 136 Å². The summed E-state index contributed by atoms with van der Waals surface area (Å²) >= 11 is 7.38. The van der Waals surface area contributed by atoms with Crippen LogP contribution >= 0.6 is 23.4 Å². The van der Waals surface area contributed by atoms with Crippen LogP contribution in [-0.2, 0) is 21.7 Å². The van der Waals surface area contributed by atoms with Crippen LogP contribution in [0.4, 0.5) is 0 Å². The standard InChI is InChI=1S/C18H16ClN3O6S2/c1-8-11(18(26)22(2)21-8)14(23)9-4-5-10(30(3,27)28)12(13(9)19)15(24)16(25)17-20-6-7-29-17/h4-5,21H,6-7H2,1-3H3. The van der Waals surface area contributed by atoms with Gasteiger partial charge in [0.1, 0.15) is 10.6 Å². The first-order valence-corrected chi connectivity index (χ1v) is 11.8. The molecular weight excluding hydrogens is 454 g/mol. The maximum Gasteiger partial charge on any atom is 0.277 e. The van der Waals surface area contributed by atoms with Gasteiger partial charge in [-0.3, -0.25) is 34.0 Å². The van der Waals surface area contributed by atoms with Gasteiger partial charge in [-0.1, -0.05) is 11.6 Å². The lowest BCUT2D eigenvalue weighted by Crippen LogP contribution is -2.25. The number of nitrogens with zero attached hydrogens (tertiary/aromatic N) is 2. The maximum absolute atomic E-state index is 13.0. The van der Waals surface area contributed by atoms with Crippen molar-refractivity contribution in [2.45, 2.75) is 11.8 Å². The highest BCUT2D eigenvalue weighted by atomic mass is 35.5. The molecule has 0 spiro atoms. The predicted molar refractivity (Wildman–Crippen MR) is 113 cm³/mol. The third-order valence-corrected chi connectivity index (χ3v) is 6.92. The van der Waals surface area contributed by atoms with Crippen molar-refractivity contribution >= 4 is 55.6 Å². The maximum atomic E-state index is 13.0. The van der Waals surface area contributed by atoms with Gasteiger partial charge in [-0.25, -0.2) is 8.42 Å². The van der Waals surface area contributed by atoms with E-state index in [2.05, 4.69) is 10.1 Å². The van der Waals surface area contributed by atoms with Crippen molar-refractivity contribution < 1.29 is 22.8 Å². The second-order valence-corrected chi connectivity index (χ2v) is 10.0. The first-order valence-electron chi connectivity index (χ1n) is 8.54. The Bertz CT molecular complexity index is 1300. The highest BCUT2D eigenvalue weighted by molar-refractivity contribution is 8.16. The molecular formula is C18H16ClN3O6S2. The van der Waals surface area contributed by atoms with Crippen molar-refractivity contribution in [3.8, 4) is 0 Å². The Labute approximate surface area is 180 Å². The smallest absolute Gasteiger partial charge is 0.277 e. The molecule has 0 unspecified atom stereocenters. The highest BCUT2D eigenvalue weighted by Crippen LogP contribution is 2.31. The fraction of sp³-hybridized carbons (Fsp3) is 0.278. The zero-order chi connectivity index (χ0) is 22.4. The van der Waals surface area contributed by atoms with Crippen molar-refractivity contribution in [1.82, 2.24) is 9.78 Å². The second-order valence-electron chi connectivity index (χ2n) is 6.57. The first kappa shape index (κ1) is 22.2. The zero-order valence-electron chi connectivity index (χ0n) is 16.1. The van der Waals surface area contributed by atoms with Crippen LogP contribution in [0.1, 0.15) is 32.0 Å². The molecule has 12 heteroatoms. The summed E-state index contributed by atoms with van der Waals surface area (Å²) in [5, 5.41) is 2.13. The van der Waals surface area contributed by atoms with Crippen LogP contribution < -0.4 is 5.56 Å². The Morgan fingerprint density at radius 3 is 2.37 bits per heavy atom. The van der Waals surface area contributed by atoms with E-state index in [-0.39, 0.29) is 21.9 Å². The molecule has 2 heterocycles. The molecule has 0 saturated heterocycles. The van der Waals surface area contributed by atoms with E-state index in [0.717, 1.165) is 34.8 Å². The van der Waals surface area contributed by atoms with Crippen LogP contribution in [-0.4, -0.2) is 59.1 Å². The third-order valence-electron chi connectivity index (χ3n) is 4.42. The summed E-state index contributed by atoms with van der Waals surface area (Å²) in [6.45, 7) is 1.87. The third kappa shape index (κ3) is 3.80. The molecule has 0 aliphatic carbocycles. The molecule has 2 aromatic rings. The lowest BCUT2D eigenvalue weighted by molar-refractivity contribution is -0.109. The van der Waals surface area contributed by atoms with Gasteiger partial charge in [0, 0.05) is 36.9 Å². The number of Topliss-reactive ketones (excluding diaryl/α,β-unsaturated/α-hetero) is 2. The van der Waals surface area contributed by atoms with Crippen molar-refractivity contribution in [1.29, 1.82) is 0 Å². The molecule has 9 nitrogen and oxygen atoms in total. The van der Waals surface area contributed by atoms with E-state index in [0.29, 0.717) is 12.3 Å². The van der Waals surface area contributed by atoms with E-state index < -0.39 is 48.2 Å². The Balaban J connectivity index is 2.22. The van der Waals surface area contributed by atoms with Crippen molar-refractivity contribution in [3.05, 3.63) is 49.9 Å². The summed E-state index contributed by atoms with van der Waals surface area (Å²) in [4.78, 5) is 54.2. The highest BCUT2D eigenvalue weighted by Gasteiger charge is 2.33. The van der Waals surface area contributed by atoms with Gasteiger partial charge in [0.05, 0.1) is 15.5 Å². The molecule has 0 bridgehead atoms. The fourth-order valence-electron chi connectivity index (χ4n) is 3.03. The number of ketones is 3. The van der Waals surface area contributed by atoms with E-state index in [1.54, 1.807) is 0 Å². The number of sulfone groups is 1. The molecule has 0 amide bonds. The number of hydrogen-bond acceptors (Lipinski definition) is 8. The number of hydrogen-bond donors (Lipinski definition) is 1. The van der Waals surface area contributed by atoms with Gasteiger partial charge in [-0.15, -0.1) is 11.8 Å². The van der Waals surface area contributed by atoms with Gasteiger partial charge in [-0.05, 0) is 19.1 Å². The molecule has 0 fully saturated rings. The minimum Gasteiger partial charge on any atom is -0.299 e. The van der Waals surface area contributed by atoms with Crippen molar-refractivity contribution in [2.75, 3.05) is 18.6 Å². The molecule has 158 valence electrons. The van der Waals surface area contributed by atoms with Crippen LogP contribution in [0.3, 0.4) is 0 Å². The monoisotopic (exact) mass is 469 g/mol. The largest absolute Gasteiger partial charge is 0.299 e. The number of aliphatic imine (C=N–C) groups is 1. The van der Waals surface area contributed by atoms with Gasteiger partial charge in [0.15, 0.2) is 9.84 Å². The van der Waals surface area contributed by atoms with Gasteiger partial charge < -0.3 is 0 Å². The molecule has 1 aromatic heterocycles. The van der Waals surface area contributed by atoms with Crippen LogP contribution in [0.25, 0.3) is 0 Å². The number of H-pyrrole nitrogens is 1. The van der Waals surface area contributed by atoms with E-state index >= 15 is 0 Å². The van der Waals surface area contributed by atoms with Crippen LogP contribution in [0, 0.1) is 6.92 Å². The fourth-order valence-corrected chi connectivity index (χ4v) is 5.08. The van der Waals surface area contributed by atoms with Crippen LogP contribution in [0.5, 0.6) is 0 Å². The predicted octanol–water partition coefficient (Wildman–Crippen LogP) is 1.21. The average molecular weight is 470 g/mol. The normalized spacial score (nSPS) is 13.9. The van der Waals surface area contributed by atoms with Crippen molar-refractivity contribution in [2.24, 2.45) is 12.0 Å². The number of aromatic nitrogens is 2. The molecule has 1 aliphatic rings. The SMILES string of the molecule is Cc1[nH]n(C)c(=O)c1C(=O)c1ccc(S(C)(=O)=O)c(C(=O)C(=O)C2=NCCS2)c1Cl. The minimum atomic E-state index is -3.96. The average Bonchev–Trinajstić information content (AvgIpc) is 3.28. The lowest BCUT2D eigenvalue weighted by atomic mass is 9.98. The van der Waals surface area contributed by atoms with Crippen LogP contribution in [0.2, 0.25) is 5.02 Å². The van der Waals surface area contributed by atoms with Crippen LogP contribution in [0.15, 0.2) is 26.8 Å². The number of halogens is 1. The molecule has 1 aromatic carbocycles. The molecule has 1 aliphatic heterocycles. The molecule has 0 radical (unpaired) electrons. The van der Waals surface area contributed by atoms with Gasteiger partial charge in [-0.2, -0.15) is 0 Å². The number of carbonyl (C=O) groups is 3. The summed E-state index contributed by atoms with van der Waals surface area (Å²) in [6, 6.07) is 2.15. The first-order chi connectivity index (χ1) is 13.9. The van der Waals surface area contributed by atoms with Gasteiger partial charge in [0.2, 0.25) is 11.6 Å². The molecule has 30 heavy (non-hydrogen) atoms. The Morgan fingerprint density at radius 2 is 1.87 bits per heavy atom. The number of benzene rings is 1. The molecule has 0 atom stereocenters. The Hall–Kier alpha value is -2.50. The number of aryl methyl sites for hydroxylation is 2. The number of aromatic amines is 1. The van der Waals surface area contributed by atoms with E-state index in [4.69, 9.17) is 11.6 Å². The molecule has 1 N–H and O–H groups in total. The van der Waals surface area contributed by atoms with E-state index in [9.17, 15) is 27.6 Å². The zero-order valence-corrected chi connectivity index (χ0v) is 18.5. The number of thioether (sulfide) groups is 1. The van der Waals surface area contributed by atoms with Crippen molar-refractivity contribution in [3.63, 3.8) is 0 Å². The molecule has 3 rings (SSSR count). The minimum absolute atomic E-state index is 0.0393. The number of rotatable bonds is 6. The summed E-state index contributed by atoms with van der Waals surface area (Å²) in [5.41, 5.74) is -1.40. The summed E-state index contributed by atoms with van der Waals surface area (Å²) < 4.78 is 25.5. The van der Waals surface area contributed by atoms with Gasteiger partial charge in [0.25, 0.3) is 11.3 Å². The summed E-state index contributed by atoms with van der Waals surface area (Å²) in [7, 11) is -2.54. The summed E-state index contributed by atoms with van der Waals surface area (Å²) in [6.07, 6.45) is 0.856. The second kappa shape index (κ2) is 7.97. The lowest BCUT2D eigenvalue weighted by Gasteiger charge is -2.12. The summed E-state index contributed by atoms with van der Waals surface area (Å²) in [5.74, 6) is -2.45. The van der Waals surface area contributed by atoms with Gasteiger partial charge >= 0.3 is 0 Å². The quantitative estimate of drug-likeness (QED) is 0.496. The Morgan fingerprint density at radius 1 is 1.20 bits per heavy atom. The number of carbonyl (C=O) groups excluding carboxylic acids is 3. The van der Waals surface area contributed by atoms with E-state index in [1.807, 2.05) is 0 Å². The van der Waals surface area contributed by atoms with E-state index in [1.165, 1.54) is 14.0 Å². The molecule has 0 saturated carbocycles.